The van der Waals surface area contributed by atoms with Crippen LogP contribution in [0.5, 0.6) is 0 Å². The fourth-order valence-electron chi connectivity index (χ4n) is 3.85. The zero-order chi connectivity index (χ0) is 18.7. The van der Waals surface area contributed by atoms with E-state index >= 15 is 0 Å². The van der Waals surface area contributed by atoms with Crippen LogP contribution in [0.4, 0.5) is 0 Å². The fraction of sp³-hybridized carbons (Fsp3) is 0.524. The first-order valence-electron chi connectivity index (χ1n) is 9.64. The number of unbranched alkanes of at least 4 members (excludes halogenated alkanes) is 2. The Morgan fingerprint density at radius 3 is 2.50 bits per heavy atom. The summed E-state index contributed by atoms with van der Waals surface area (Å²) in [4.78, 5) is 29.8. The number of piperidine rings is 1. The van der Waals surface area contributed by atoms with E-state index in [1.807, 2.05) is 12.1 Å². The lowest BCUT2D eigenvalue weighted by atomic mass is 9.98. The highest BCUT2D eigenvalue weighted by molar-refractivity contribution is 6.36. The summed E-state index contributed by atoms with van der Waals surface area (Å²) in [7, 11) is 0. The van der Waals surface area contributed by atoms with Gasteiger partial charge in [-0.1, -0.05) is 50.4 Å². The van der Waals surface area contributed by atoms with Gasteiger partial charge in [0.2, 0.25) is 0 Å². The second-order valence-corrected chi connectivity index (χ2v) is 7.83. The maximum absolute atomic E-state index is 13.1. The summed E-state index contributed by atoms with van der Waals surface area (Å²) in [6, 6.07) is 7.23. The van der Waals surface area contributed by atoms with Gasteiger partial charge in [0, 0.05) is 24.7 Å². The molecule has 1 fully saturated rings. The van der Waals surface area contributed by atoms with Crippen LogP contribution in [0.15, 0.2) is 30.0 Å². The molecule has 1 atom stereocenters. The molecular weight excluding hydrogens is 348 g/mol. The van der Waals surface area contributed by atoms with Gasteiger partial charge in [0.15, 0.2) is 0 Å². The van der Waals surface area contributed by atoms with Crippen LogP contribution in [0.2, 0.25) is 5.02 Å². The van der Waals surface area contributed by atoms with Gasteiger partial charge in [0.05, 0.1) is 5.57 Å². The van der Waals surface area contributed by atoms with Crippen molar-refractivity contribution in [2.75, 3.05) is 19.6 Å². The summed E-state index contributed by atoms with van der Waals surface area (Å²) < 4.78 is 0. The third-order valence-corrected chi connectivity index (χ3v) is 5.49. The van der Waals surface area contributed by atoms with Gasteiger partial charge in [-0.05, 0) is 42.9 Å². The number of benzene rings is 1. The standard InChI is InChI=1S/C21H27ClN2O2/c1-3-4-5-13-24-20(25)18(16-8-10-17(22)11-9-16)19(21(24)26)23-12-6-7-15(2)14-23/h8-11,15H,3-7,12-14H2,1-2H3. The number of hydrogen-bond donors (Lipinski definition) is 0. The number of carbonyl (C=O) groups excluding carboxylic acids is 2. The van der Waals surface area contributed by atoms with Crippen LogP contribution in [0, 0.1) is 5.92 Å². The van der Waals surface area contributed by atoms with Gasteiger partial charge in [-0.15, -0.1) is 0 Å². The lowest BCUT2D eigenvalue weighted by Crippen LogP contribution is -2.39. The molecule has 5 heteroatoms. The van der Waals surface area contributed by atoms with Gasteiger partial charge >= 0.3 is 0 Å². The molecule has 0 radical (unpaired) electrons. The van der Waals surface area contributed by atoms with E-state index in [1.54, 1.807) is 12.1 Å². The van der Waals surface area contributed by atoms with E-state index in [0.29, 0.717) is 28.8 Å². The molecule has 4 nitrogen and oxygen atoms in total. The molecule has 2 aliphatic rings. The normalized spacial score (nSPS) is 21.1. The highest BCUT2D eigenvalue weighted by atomic mass is 35.5. The summed E-state index contributed by atoms with van der Waals surface area (Å²) in [5, 5.41) is 0.624. The minimum absolute atomic E-state index is 0.134. The molecule has 26 heavy (non-hydrogen) atoms. The van der Waals surface area contributed by atoms with Crippen LogP contribution in [-0.4, -0.2) is 41.2 Å². The Bertz CT molecular complexity index is 711. The second kappa shape index (κ2) is 8.26. The van der Waals surface area contributed by atoms with Crippen molar-refractivity contribution >= 4 is 29.0 Å². The Labute approximate surface area is 160 Å². The molecule has 0 aromatic heterocycles. The first-order chi connectivity index (χ1) is 12.5. The third kappa shape index (κ3) is 3.80. The van der Waals surface area contributed by atoms with E-state index in [9.17, 15) is 9.59 Å². The average molecular weight is 375 g/mol. The molecule has 140 valence electrons. The third-order valence-electron chi connectivity index (χ3n) is 5.23. The summed E-state index contributed by atoms with van der Waals surface area (Å²) in [6.07, 6.45) is 5.15. The minimum atomic E-state index is -0.165. The molecule has 0 saturated carbocycles. The maximum atomic E-state index is 13.1. The lowest BCUT2D eigenvalue weighted by molar-refractivity contribution is -0.137. The van der Waals surface area contributed by atoms with Gasteiger partial charge in [0.25, 0.3) is 11.8 Å². The zero-order valence-corrected chi connectivity index (χ0v) is 16.4. The van der Waals surface area contributed by atoms with E-state index in [1.165, 1.54) is 11.3 Å². The second-order valence-electron chi connectivity index (χ2n) is 7.39. The van der Waals surface area contributed by atoms with Crippen LogP contribution in [0.25, 0.3) is 5.57 Å². The van der Waals surface area contributed by atoms with E-state index in [4.69, 9.17) is 11.6 Å². The quantitative estimate of drug-likeness (QED) is 0.549. The first-order valence-corrected chi connectivity index (χ1v) is 10.0. The predicted octanol–water partition coefficient (Wildman–Crippen LogP) is 4.34. The monoisotopic (exact) mass is 374 g/mol. The largest absolute Gasteiger partial charge is 0.366 e. The Kier molecular flexibility index (Phi) is 6.02. The van der Waals surface area contributed by atoms with E-state index in [0.717, 1.165) is 44.3 Å². The Balaban J connectivity index is 1.97. The topological polar surface area (TPSA) is 40.6 Å². The van der Waals surface area contributed by atoms with Crippen LogP contribution in [0.3, 0.4) is 0 Å². The molecule has 0 bridgehead atoms. The number of amides is 2. The highest BCUT2D eigenvalue weighted by Crippen LogP contribution is 2.34. The van der Waals surface area contributed by atoms with Crippen molar-refractivity contribution in [2.45, 2.75) is 46.0 Å². The lowest BCUT2D eigenvalue weighted by Gasteiger charge is -2.33. The summed E-state index contributed by atoms with van der Waals surface area (Å²) >= 11 is 6.01. The molecular formula is C21H27ClN2O2. The molecule has 2 amide bonds. The number of nitrogens with zero attached hydrogens (tertiary/aromatic N) is 2. The smallest absolute Gasteiger partial charge is 0.277 e. The maximum Gasteiger partial charge on any atom is 0.277 e. The van der Waals surface area contributed by atoms with Crippen molar-refractivity contribution in [3.63, 3.8) is 0 Å². The molecule has 2 aliphatic heterocycles. The van der Waals surface area contributed by atoms with Crippen LogP contribution < -0.4 is 0 Å². The summed E-state index contributed by atoms with van der Waals surface area (Å²) in [5.41, 5.74) is 1.90. The van der Waals surface area contributed by atoms with Gasteiger partial charge < -0.3 is 4.90 Å². The minimum Gasteiger partial charge on any atom is -0.366 e. The van der Waals surface area contributed by atoms with Gasteiger partial charge in [-0.3, -0.25) is 14.5 Å². The fourth-order valence-corrected chi connectivity index (χ4v) is 3.97. The van der Waals surface area contributed by atoms with Gasteiger partial charge in [-0.25, -0.2) is 0 Å². The van der Waals surface area contributed by atoms with Crippen molar-refractivity contribution in [3.8, 4) is 0 Å². The first kappa shape index (κ1) is 19.0. The molecule has 0 aliphatic carbocycles. The number of hydrogen-bond acceptors (Lipinski definition) is 3. The Hall–Kier alpha value is -1.81. The Morgan fingerprint density at radius 2 is 1.85 bits per heavy atom. The SMILES string of the molecule is CCCCCN1C(=O)C(c2ccc(Cl)cc2)=C(N2CCCC(C)C2)C1=O. The molecule has 3 rings (SSSR count). The zero-order valence-electron chi connectivity index (χ0n) is 15.6. The number of carbonyl (C=O) groups is 2. The number of imide groups is 1. The molecule has 1 saturated heterocycles. The predicted molar refractivity (Wildman–Crippen MR) is 105 cm³/mol. The van der Waals surface area contributed by atoms with Gasteiger partial charge in [-0.2, -0.15) is 0 Å². The van der Waals surface area contributed by atoms with E-state index < -0.39 is 0 Å². The number of halogens is 1. The van der Waals surface area contributed by atoms with Gasteiger partial charge in [0.1, 0.15) is 5.70 Å². The molecule has 1 aromatic rings. The number of likely N-dealkylation sites (tertiary alicyclic amines) is 1. The van der Waals surface area contributed by atoms with Crippen molar-refractivity contribution in [1.82, 2.24) is 9.80 Å². The molecule has 1 aromatic carbocycles. The summed E-state index contributed by atoms with van der Waals surface area (Å²) in [5.74, 6) is 0.228. The van der Waals surface area contributed by atoms with Crippen molar-refractivity contribution < 1.29 is 9.59 Å². The molecule has 1 unspecified atom stereocenters. The van der Waals surface area contributed by atoms with Crippen LogP contribution >= 0.6 is 11.6 Å². The van der Waals surface area contributed by atoms with Crippen molar-refractivity contribution in [2.24, 2.45) is 5.92 Å². The highest BCUT2D eigenvalue weighted by Gasteiger charge is 2.41. The van der Waals surface area contributed by atoms with Crippen molar-refractivity contribution in [1.29, 1.82) is 0 Å². The summed E-state index contributed by atoms with van der Waals surface area (Å²) in [6.45, 7) is 6.48. The molecule has 0 N–H and O–H groups in total. The van der Waals surface area contributed by atoms with Crippen LogP contribution in [0.1, 0.15) is 51.5 Å². The average Bonchev–Trinajstić information content (AvgIpc) is 2.87. The van der Waals surface area contributed by atoms with Crippen LogP contribution in [-0.2, 0) is 9.59 Å². The Morgan fingerprint density at radius 1 is 1.12 bits per heavy atom. The molecule has 0 spiro atoms. The number of rotatable bonds is 6. The van der Waals surface area contributed by atoms with E-state index in [2.05, 4.69) is 18.7 Å². The van der Waals surface area contributed by atoms with Crippen molar-refractivity contribution in [3.05, 3.63) is 40.5 Å². The van der Waals surface area contributed by atoms with E-state index in [-0.39, 0.29) is 11.8 Å². The molecule has 2 heterocycles.